The maximum absolute atomic E-state index is 13.9. The van der Waals surface area contributed by atoms with Gasteiger partial charge in [0.15, 0.2) is 0 Å². The molecule has 0 amide bonds. The molecule has 0 saturated heterocycles. The zero-order valence-corrected chi connectivity index (χ0v) is 24.8. The quantitative estimate of drug-likeness (QED) is 0.145. The van der Waals surface area contributed by atoms with Gasteiger partial charge in [-0.25, -0.2) is 0 Å². The van der Waals surface area contributed by atoms with Crippen LogP contribution < -0.4 is 0 Å². The number of H-pyrrole nitrogens is 1. The van der Waals surface area contributed by atoms with Gasteiger partial charge in [-0.3, -0.25) is 0 Å². The number of aromatic nitrogens is 1. The number of hydrogen-bond donors (Lipinski definition) is 1. The number of nitrogens with zero attached hydrogens (tertiary/aromatic N) is 1. The molecule has 3 aromatic rings. The third-order valence-electron chi connectivity index (χ3n) is 6.86. The number of rotatable bonds is 15. The summed E-state index contributed by atoms with van der Waals surface area (Å²) in [6.45, 7) is 8.61. The van der Waals surface area contributed by atoms with Crippen molar-refractivity contribution in [2.75, 3.05) is 0 Å². The van der Waals surface area contributed by atoms with Crippen molar-refractivity contribution in [1.82, 2.24) is 4.98 Å². The van der Waals surface area contributed by atoms with E-state index in [0.29, 0.717) is 12.2 Å². The number of benzene rings is 1. The second kappa shape index (κ2) is 13.9. The third kappa shape index (κ3) is 7.73. The Morgan fingerprint density at radius 2 is 1.66 bits per heavy atom. The SMILES string of the molecule is CCC[CH2][Sn]([CH2]CCC)([CH2]CCC)[O]C(=O)C(Cc1c[nH]c2ccccc12)N=C(C)c1ccco1. The number of fused-ring (bicyclic) bond motifs is 1. The first-order valence-electron chi connectivity index (χ1n) is 13.4. The molecule has 1 N–H and O–H groups in total. The predicted octanol–water partition coefficient (Wildman–Crippen LogP) is 8.07. The Morgan fingerprint density at radius 3 is 2.26 bits per heavy atom. The monoisotopic (exact) mass is 586 g/mol. The average Bonchev–Trinajstić information content (AvgIpc) is 3.55. The standard InChI is InChI=1S/C17H16N2O3.3C4H9.Sn/c1-11(16-7-4-8-22-16)19-15(17(20)21)9-12-10-18-14-6-3-2-5-13(12)14;3*1-3-4-2;/h2-8,10,15,18H,9H2,1H3,(H,20,21);3*1,3-4H2,2H3;/q;;;;+1/p-1. The summed E-state index contributed by atoms with van der Waals surface area (Å²) in [6, 6.07) is 11.4. The van der Waals surface area contributed by atoms with Crippen LogP contribution in [0.5, 0.6) is 0 Å². The normalized spacial score (nSPS) is 13.3. The van der Waals surface area contributed by atoms with Gasteiger partial charge in [-0.1, -0.05) is 0 Å². The van der Waals surface area contributed by atoms with Crippen LogP contribution in [0.3, 0.4) is 0 Å². The number of unbranched alkanes of at least 4 members (excludes halogenated alkanes) is 3. The van der Waals surface area contributed by atoms with Gasteiger partial charge in [0.05, 0.1) is 0 Å². The van der Waals surface area contributed by atoms with E-state index in [2.05, 4.69) is 37.9 Å². The molecule has 1 unspecified atom stereocenters. The van der Waals surface area contributed by atoms with Crippen molar-refractivity contribution in [3.63, 3.8) is 0 Å². The Labute approximate surface area is 215 Å². The number of aromatic amines is 1. The predicted molar refractivity (Wildman–Crippen MR) is 148 cm³/mol. The third-order valence-corrected chi connectivity index (χ3v) is 19.5. The molecular formula is C29H42N2O3Sn. The zero-order valence-electron chi connectivity index (χ0n) is 21.9. The Bertz CT molecular complexity index is 1050. The molecule has 190 valence electrons. The number of aliphatic imine (C=N–C) groups is 1. The number of nitrogens with one attached hydrogen (secondary N) is 1. The van der Waals surface area contributed by atoms with E-state index in [-0.39, 0.29) is 5.97 Å². The molecular weight excluding hydrogens is 543 g/mol. The van der Waals surface area contributed by atoms with E-state index in [1.54, 1.807) is 6.26 Å². The Morgan fingerprint density at radius 1 is 1.00 bits per heavy atom. The van der Waals surface area contributed by atoms with Crippen LogP contribution in [0.4, 0.5) is 0 Å². The van der Waals surface area contributed by atoms with Gasteiger partial charge in [0.25, 0.3) is 0 Å². The molecule has 0 bridgehead atoms. The van der Waals surface area contributed by atoms with E-state index in [0.717, 1.165) is 74.0 Å². The molecule has 35 heavy (non-hydrogen) atoms. The minimum absolute atomic E-state index is 0.139. The summed E-state index contributed by atoms with van der Waals surface area (Å²) in [5, 5.41) is 1.13. The summed E-state index contributed by atoms with van der Waals surface area (Å²) in [6.07, 6.45) is 11.0. The van der Waals surface area contributed by atoms with E-state index >= 15 is 0 Å². The summed E-state index contributed by atoms with van der Waals surface area (Å²) in [7, 11) is 0. The molecule has 2 heterocycles. The van der Waals surface area contributed by atoms with Crippen LogP contribution in [0.1, 0.15) is 77.5 Å². The summed E-state index contributed by atoms with van der Waals surface area (Å²) >= 11 is -3.13. The molecule has 1 aromatic carbocycles. The first-order valence-corrected chi connectivity index (χ1v) is 20.6. The molecule has 0 radical (unpaired) electrons. The van der Waals surface area contributed by atoms with E-state index in [9.17, 15) is 4.79 Å². The van der Waals surface area contributed by atoms with Crippen molar-refractivity contribution < 1.29 is 12.3 Å². The maximum atomic E-state index is 13.9. The first kappa shape index (κ1) is 27.6. The molecule has 0 spiro atoms. The molecule has 0 saturated carbocycles. The first-order chi connectivity index (χ1) is 17.0. The van der Waals surface area contributed by atoms with Crippen LogP contribution in [0.2, 0.25) is 13.3 Å². The fraction of sp³-hybridized carbons (Fsp3) is 0.517. The Hall–Kier alpha value is -2.02. The Balaban J connectivity index is 1.93. The van der Waals surface area contributed by atoms with Crippen LogP contribution in [0, 0.1) is 0 Å². The van der Waals surface area contributed by atoms with Crippen molar-refractivity contribution in [2.24, 2.45) is 4.99 Å². The zero-order chi connectivity index (χ0) is 25.1. The van der Waals surface area contributed by atoms with Crippen LogP contribution in [0.15, 0.2) is 58.3 Å². The molecule has 2 aromatic heterocycles. The summed E-state index contributed by atoms with van der Waals surface area (Å²) in [5.41, 5.74) is 2.90. The molecule has 6 heteroatoms. The Kier molecular flexibility index (Phi) is 11.0. The van der Waals surface area contributed by atoms with Gasteiger partial charge in [0.2, 0.25) is 0 Å². The van der Waals surface area contributed by atoms with E-state index in [4.69, 9.17) is 12.5 Å². The van der Waals surface area contributed by atoms with E-state index in [1.807, 2.05) is 37.4 Å². The van der Waals surface area contributed by atoms with Crippen molar-refractivity contribution in [1.29, 1.82) is 0 Å². The molecule has 0 fully saturated rings. The molecule has 0 aliphatic rings. The molecule has 0 aliphatic carbocycles. The van der Waals surface area contributed by atoms with Gasteiger partial charge in [-0.15, -0.1) is 0 Å². The van der Waals surface area contributed by atoms with Gasteiger partial charge < -0.3 is 0 Å². The van der Waals surface area contributed by atoms with Crippen LogP contribution >= 0.6 is 0 Å². The average molecular weight is 585 g/mol. The van der Waals surface area contributed by atoms with Gasteiger partial charge in [0.1, 0.15) is 0 Å². The fourth-order valence-corrected chi connectivity index (χ4v) is 17.9. The van der Waals surface area contributed by atoms with Gasteiger partial charge in [-0.05, 0) is 0 Å². The molecule has 1 atom stereocenters. The van der Waals surface area contributed by atoms with E-state index in [1.165, 1.54) is 0 Å². The van der Waals surface area contributed by atoms with Crippen molar-refractivity contribution in [3.05, 3.63) is 60.2 Å². The second-order valence-electron chi connectivity index (χ2n) is 9.69. The summed E-state index contributed by atoms with van der Waals surface area (Å²) < 4.78 is 15.6. The van der Waals surface area contributed by atoms with Crippen LogP contribution in [0.25, 0.3) is 10.9 Å². The van der Waals surface area contributed by atoms with Crippen molar-refractivity contribution in [2.45, 2.75) is 92.0 Å². The number of para-hydroxylation sites is 1. The minimum atomic E-state index is -3.13. The van der Waals surface area contributed by atoms with Gasteiger partial charge in [-0.2, -0.15) is 0 Å². The number of carbonyl (C=O) groups is 1. The van der Waals surface area contributed by atoms with Crippen molar-refractivity contribution in [3.8, 4) is 0 Å². The van der Waals surface area contributed by atoms with Crippen LogP contribution in [-0.4, -0.2) is 41.5 Å². The summed E-state index contributed by atoms with van der Waals surface area (Å²) in [4.78, 5) is 22.1. The van der Waals surface area contributed by atoms with Crippen molar-refractivity contribution >= 4 is 41.4 Å². The number of furan rings is 1. The summed E-state index contributed by atoms with van der Waals surface area (Å²) in [5.74, 6) is 0.555. The number of carbonyl (C=O) groups excluding carboxylic acids is 1. The molecule has 0 aliphatic heterocycles. The van der Waals surface area contributed by atoms with Gasteiger partial charge >= 0.3 is 216 Å². The fourth-order valence-electron chi connectivity index (χ4n) is 4.78. The van der Waals surface area contributed by atoms with E-state index < -0.39 is 24.8 Å². The molecule has 5 nitrogen and oxygen atoms in total. The number of hydrogen-bond acceptors (Lipinski definition) is 4. The second-order valence-corrected chi connectivity index (χ2v) is 21.3. The van der Waals surface area contributed by atoms with Gasteiger partial charge in [0, 0.05) is 0 Å². The molecule has 3 rings (SSSR count). The van der Waals surface area contributed by atoms with Crippen LogP contribution in [-0.2, 0) is 14.3 Å². The topological polar surface area (TPSA) is 67.6 Å².